The maximum Gasteiger partial charge on any atom is 0.0156 e. The fourth-order valence-corrected chi connectivity index (χ4v) is 4.06. The Morgan fingerprint density at radius 2 is 1.41 bits per heavy atom. The van der Waals surface area contributed by atoms with Crippen molar-refractivity contribution in [3.63, 3.8) is 0 Å². The smallest absolute Gasteiger partial charge is 0.0156 e. The molecule has 2 aliphatic rings. The molecule has 2 saturated heterocycles. The van der Waals surface area contributed by atoms with Gasteiger partial charge in [-0.25, -0.2) is 0 Å². The van der Waals surface area contributed by atoms with E-state index in [0.29, 0.717) is 11.0 Å². The Kier molecular flexibility index (Phi) is 3.36. The van der Waals surface area contributed by atoms with E-state index in [-0.39, 0.29) is 0 Å². The highest BCUT2D eigenvalue weighted by Crippen LogP contribution is 2.48. The predicted molar refractivity (Wildman–Crippen MR) is 75.2 cm³/mol. The van der Waals surface area contributed by atoms with Crippen LogP contribution in [0.15, 0.2) is 0 Å². The van der Waals surface area contributed by atoms with Gasteiger partial charge in [0.15, 0.2) is 0 Å². The maximum atomic E-state index is 2.87. The molecule has 2 rings (SSSR count). The van der Waals surface area contributed by atoms with Gasteiger partial charge in [-0.3, -0.25) is 4.90 Å². The Morgan fingerprint density at radius 3 is 1.76 bits per heavy atom. The molecule has 0 radical (unpaired) electrons. The number of nitrogens with zero attached hydrogens (tertiary/aromatic N) is 1. The molecule has 0 aromatic heterocycles. The van der Waals surface area contributed by atoms with Gasteiger partial charge in [0.05, 0.1) is 0 Å². The van der Waals surface area contributed by atoms with Gasteiger partial charge in [0, 0.05) is 17.6 Å². The first-order valence-corrected chi connectivity index (χ1v) is 7.54. The van der Waals surface area contributed by atoms with Crippen LogP contribution in [0.25, 0.3) is 0 Å². The molecule has 2 fully saturated rings. The van der Waals surface area contributed by atoms with Gasteiger partial charge < -0.3 is 0 Å². The van der Waals surface area contributed by atoms with Crippen LogP contribution in [-0.4, -0.2) is 22.5 Å². The van der Waals surface area contributed by atoms with E-state index in [1.807, 2.05) is 0 Å². The van der Waals surface area contributed by atoms with Crippen molar-refractivity contribution >= 4 is 0 Å². The Balaban J connectivity index is 2.13. The van der Waals surface area contributed by atoms with Gasteiger partial charge in [0.2, 0.25) is 0 Å². The van der Waals surface area contributed by atoms with Crippen LogP contribution in [0.1, 0.15) is 73.6 Å². The minimum Gasteiger partial charge on any atom is -0.292 e. The molecule has 2 heterocycles. The fourth-order valence-electron chi connectivity index (χ4n) is 4.06. The summed E-state index contributed by atoms with van der Waals surface area (Å²) in [4.78, 5) is 2.87. The average molecular weight is 237 g/mol. The van der Waals surface area contributed by atoms with Gasteiger partial charge in [-0.05, 0) is 57.3 Å². The zero-order valence-corrected chi connectivity index (χ0v) is 12.7. The van der Waals surface area contributed by atoms with Crippen molar-refractivity contribution in [1.29, 1.82) is 0 Å². The molecule has 100 valence electrons. The highest BCUT2D eigenvalue weighted by atomic mass is 15.3. The number of hydrogen-bond donors (Lipinski definition) is 0. The van der Waals surface area contributed by atoms with Crippen LogP contribution in [-0.2, 0) is 0 Å². The summed E-state index contributed by atoms with van der Waals surface area (Å²) in [5, 5.41) is 0. The summed E-state index contributed by atoms with van der Waals surface area (Å²) in [5.41, 5.74) is 0.915. The van der Waals surface area contributed by atoms with Gasteiger partial charge >= 0.3 is 0 Å². The summed E-state index contributed by atoms with van der Waals surface area (Å²) in [7, 11) is 0. The summed E-state index contributed by atoms with van der Waals surface area (Å²) >= 11 is 0. The van der Waals surface area contributed by atoms with Crippen LogP contribution in [0.3, 0.4) is 0 Å². The molecule has 0 N–H and O–H groups in total. The number of rotatable bonds is 2. The fraction of sp³-hybridized carbons (Fsp3) is 1.00. The van der Waals surface area contributed by atoms with Crippen molar-refractivity contribution in [3.05, 3.63) is 0 Å². The molecule has 1 nitrogen and oxygen atoms in total. The lowest BCUT2D eigenvalue weighted by Gasteiger charge is -2.50. The van der Waals surface area contributed by atoms with Crippen molar-refractivity contribution < 1.29 is 0 Å². The lowest BCUT2D eigenvalue weighted by atomic mass is 9.72. The third-order valence-corrected chi connectivity index (χ3v) is 5.52. The zero-order valence-electron chi connectivity index (χ0n) is 12.7. The second-order valence-corrected chi connectivity index (χ2v) is 7.99. The van der Waals surface area contributed by atoms with Crippen LogP contribution in [0.4, 0.5) is 0 Å². The molecule has 0 aromatic rings. The minimum atomic E-state index is 0.411. The molecule has 0 aromatic carbocycles. The van der Waals surface area contributed by atoms with E-state index in [2.05, 4.69) is 46.4 Å². The lowest BCUT2D eigenvalue weighted by Crippen LogP contribution is -2.55. The molecule has 0 spiro atoms. The first-order chi connectivity index (χ1) is 7.75. The SMILES string of the molecule is CCC(C)(C)N1C2CCC1CC(C(C)(C)C)C2. The van der Waals surface area contributed by atoms with Crippen molar-refractivity contribution in [2.24, 2.45) is 11.3 Å². The molecule has 2 bridgehead atoms. The summed E-state index contributed by atoms with van der Waals surface area (Å²) in [6, 6.07) is 1.74. The summed E-state index contributed by atoms with van der Waals surface area (Å²) in [6.07, 6.45) is 7.04. The predicted octanol–water partition coefficient (Wildman–Crippen LogP) is 4.46. The molecule has 0 amide bonds. The van der Waals surface area contributed by atoms with E-state index in [1.54, 1.807) is 0 Å². The normalized spacial score (nSPS) is 35.3. The Hall–Kier alpha value is -0.0400. The van der Waals surface area contributed by atoms with Gasteiger partial charge in [0.1, 0.15) is 0 Å². The third kappa shape index (κ3) is 2.41. The van der Waals surface area contributed by atoms with Gasteiger partial charge in [0.25, 0.3) is 0 Å². The monoisotopic (exact) mass is 237 g/mol. The summed E-state index contributed by atoms with van der Waals surface area (Å²) in [5.74, 6) is 0.934. The molecule has 2 aliphatic heterocycles. The number of piperidine rings is 1. The van der Waals surface area contributed by atoms with Crippen molar-refractivity contribution in [2.45, 2.75) is 91.3 Å². The Labute approximate surface area is 108 Å². The van der Waals surface area contributed by atoms with E-state index in [0.717, 1.165) is 18.0 Å². The van der Waals surface area contributed by atoms with E-state index >= 15 is 0 Å². The largest absolute Gasteiger partial charge is 0.292 e. The van der Waals surface area contributed by atoms with E-state index in [1.165, 1.54) is 32.1 Å². The van der Waals surface area contributed by atoms with Crippen molar-refractivity contribution in [2.75, 3.05) is 0 Å². The molecule has 1 heteroatoms. The van der Waals surface area contributed by atoms with Crippen LogP contribution in [0.2, 0.25) is 0 Å². The molecule has 2 atom stereocenters. The molecule has 2 unspecified atom stereocenters. The van der Waals surface area contributed by atoms with E-state index in [4.69, 9.17) is 0 Å². The zero-order chi connectivity index (χ0) is 12.8. The molecule has 0 aliphatic carbocycles. The Bertz CT molecular complexity index is 260. The molecular formula is C16H31N. The summed E-state index contributed by atoms with van der Waals surface area (Å²) in [6.45, 7) is 14.5. The highest BCUT2D eigenvalue weighted by molar-refractivity contribution is 5.02. The lowest BCUT2D eigenvalue weighted by molar-refractivity contribution is -0.0136. The van der Waals surface area contributed by atoms with Crippen LogP contribution in [0, 0.1) is 11.3 Å². The topological polar surface area (TPSA) is 3.24 Å². The average Bonchev–Trinajstić information content (AvgIpc) is 2.49. The summed E-state index contributed by atoms with van der Waals surface area (Å²) < 4.78 is 0. The first kappa shape index (κ1) is 13.4. The maximum absolute atomic E-state index is 2.87. The molecule has 0 saturated carbocycles. The second-order valence-electron chi connectivity index (χ2n) is 7.99. The number of fused-ring (bicyclic) bond motifs is 2. The van der Waals surface area contributed by atoms with Crippen LogP contribution >= 0.6 is 0 Å². The number of hydrogen-bond acceptors (Lipinski definition) is 1. The second kappa shape index (κ2) is 4.26. The van der Waals surface area contributed by atoms with Gasteiger partial charge in [-0.2, -0.15) is 0 Å². The van der Waals surface area contributed by atoms with Gasteiger partial charge in [-0.15, -0.1) is 0 Å². The van der Waals surface area contributed by atoms with Crippen LogP contribution < -0.4 is 0 Å². The van der Waals surface area contributed by atoms with E-state index in [9.17, 15) is 0 Å². The van der Waals surface area contributed by atoms with Crippen molar-refractivity contribution in [3.8, 4) is 0 Å². The minimum absolute atomic E-state index is 0.411. The Morgan fingerprint density at radius 1 is 0.941 bits per heavy atom. The van der Waals surface area contributed by atoms with Gasteiger partial charge in [-0.1, -0.05) is 27.7 Å². The van der Waals surface area contributed by atoms with E-state index < -0.39 is 0 Å². The molecule has 17 heavy (non-hydrogen) atoms. The third-order valence-electron chi connectivity index (χ3n) is 5.52. The highest BCUT2D eigenvalue weighted by Gasteiger charge is 2.48. The van der Waals surface area contributed by atoms with Crippen LogP contribution in [0.5, 0.6) is 0 Å². The standard InChI is InChI=1S/C16H31N/c1-7-16(5,6)17-13-8-9-14(17)11-12(10-13)15(2,3)4/h12-14H,7-11H2,1-6H3. The molecular weight excluding hydrogens is 206 g/mol. The quantitative estimate of drug-likeness (QED) is 0.685. The first-order valence-electron chi connectivity index (χ1n) is 7.54. The van der Waals surface area contributed by atoms with Crippen molar-refractivity contribution in [1.82, 2.24) is 4.90 Å².